The molecule has 11 heteroatoms. The third-order valence-corrected chi connectivity index (χ3v) is 8.31. The fourth-order valence-electron chi connectivity index (χ4n) is 5.76. The number of benzene rings is 1. The predicted octanol–water partition coefficient (Wildman–Crippen LogP) is 3.31. The predicted molar refractivity (Wildman–Crippen MR) is 139 cm³/mol. The lowest BCUT2D eigenvalue weighted by Crippen LogP contribution is -2.34. The molecule has 1 aromatic carbocycles. The largest absolute Gasteiger partial charge is 0.456 e. The number of nitrogens with one attached hydrogen (secondary N) is 1. The molecule has 4 atom stereocenters. The number of fused-ring (bicyclic) bond motifs is 3. The van der Waals surface area contributed by atoms with Crippen molar-refractivity contribution in [1.82, 2.24) is 24.7 Å². The maximum atomic E-state index is 9.96. The molecule has 0 radical (unpaired) electrons. The van der Waals surface area contributed by atoms with Crippen LogP contribution in [0.15, 0.2) is 36.5 Å². The van der Waals surface area contributed by atoms with E-state index in [0.29, 0.717) is 34.5 Å². The number of pyridine rings is 1. The molecule has 0 bridgehead atoms. The van der Waals surface area contributed by atoms with Crippen molar-refractivity contribution in [1.29, 1.82) is 0 Å². The molecule has 1 saturated carbocycles. The van der Waals surface area contributed by atoms with Gasteiger partial charge in [0.05, 0.1) is 47.9 Å². The van der Waals surface area contributed by atoms with Crippen LogP contribution in [0.4, 0.5) is 5.69 Å². The molecule has 2 saturated heterocycles. The van der Waals surface area contributed by atoms with E-state index in [1.807, 2.05) is 12.3 Å². The van der Waals surface area contributed by atoms with Crippen LogP contribution in [0.5, 0.6) is 6.01 Å². The van der Waals surface area contributed by atoms with Gasteiger partial charge in [0, 0.05) is 29.9 Å². The van der Waals surface area contributed by atoms with Crippen LogP contribution in [-0.4, -0.2) is 67.5 Å². The van der Waals surface area contributed by atoms with Crippen molar-refractivity contribution < 1.29 is 19.3 Å². The average Bonchev–Trinajstić information content (AvgIpc) is 3.30. The van der Waals surface area contributed by atoms with Gasteiger partial charge in [0.2, 0.25) is 0 Å². The number of rotatable bonds is 6. The van der Waals surface area contributed by atoms with Crippen LogP contribution >= 0.6 is 11.6 Å². The Morgan fingerprint density at radius 1 is 1.08 bits per heavy atom. The molecule has 3 aromatic heterocycles. The number of aromatic nitrogens is 5. The molecule has 4 aliphatic rings. The van der Waals surface area contributed by atoms with Gasteiger partial charge < -0.3 is 29.2 Å². The average molecular weight is 535 g/mol. The van der Waals surface area contributed by atoms with Crippen LogP contribution in [0.2, 0.25) is 5.02 Å². The van der Waals surface area contributed by atoms with Gasteiger partial charge in [0.15, 0.2) is 11.8 Å². The lowest BCUT2D eigenvalue weighted by atomic mass is 10.1. The quantitative estimate of drug-likeness (QED) is 0.388. The first-order valence-electron chi connectivity index (χ1n) is 13.1. The molecule has 38 heavy (non-hydrogen) atoms. The second-order valence-corrected chi connectivity index (χ2v) is 11.1. The Kier molecular flexibility index (Phi) is 5.20. The molecular weight excluding hydrogens is 508 g/mol. The van der Waals surface area contributed by atoms with Gasteiger partial charge in [-0.05, 0) is 37.0 Å². The van der Waals surface area contributed by atoms with Crippen LogP contribution in [0.3, 0.4) is 0 Å². The monoisotopic (exact) mass is 534 g/mol. The second-order valence-electron chi connectivity index (χ2n) is 10.7. The van der Waals surface area contributed by atoms with E-state index in [-0.39, 0.29) is 24.9 Å². The molecule has 4 aromatic rings. The van der Waals surface area contributed by atoms with E-state index in [1.54, 1.807) is 0 Å². The number of aromatic amines is 1. The first kappa shape index (κ1) is 22.8. The van der Waals surface area contributed by atoms with Crippen LogP contribution in [0, 0.1) is 5.92 Å². The van der Waals surface area contributed by atoms with E-state index >= 15 is 0 Å². The molecule has 3 fully saturated rings. The molecule has 3 aliphatic heterocycles. The summed E-state index contributed by atoms with van der Waals surface area (Å²) in [5.74, 6) is 0.804. The minimum Gasteiger partial charge on any atom is -0.456 e. The Balaban J connectivity index is 0.997. The number of aliphatic hydroxyl groups excluding tert-OH is 1. The van der Waals surface area contributed by atoms with E-state index in [4.69, 9.17) is 30.8 Å². The number of ether oxygens (including phenoxy) is 3. The molecule has 0 spiro atoms. The van der Waals surface area contributed by atoms with E-state index in [1.165, 1.54) is 24.1 Å². The third kappa shape index (κ3) is 3.86. The summed E-state index contributed by atoms with van der Waals surface area (Å²) < 4.78 is 19.5. The molecule has 10 nitrogen and oxygen atoms in total. The molecule has 196 valence electrons. The SMILES string of the molecule is O[C@@H]1CO[C@H]2C1OC[C@H]2Oc1nc2nc(-c3ccc(N4Cc5cnn(CC6CC6)c5C4)cc3)c(Cl)cc2[nH]1. The summed E-state index contributed by atoms with van der Waals surface area (Å²) >= 11 is 6.64. The topological polar surface area (TPSA) is 111 Å². The lowest BCUT2D eigenvalue weighted by molar-refractivity contribution is 0.00706. The summed E-state index contributed by atoms with van der Waals surface area (Å²) in [6.45, 7) is 3.37. The van der Waals surface area contributed by atoms with Gasteiger partial charge in [0.1, 0.15) is 18.3 Å². The van der Waals surface area contributed by atoms with E-state index in [0.717, 1.165) is 36.8 Å². The highest BCUT2D eigenvalue weighted by Crippen LogP contribution is 2.36. The Morgan fingerprint density at radius 2 is 1.92 bits per heavy atom. The number of H-pyrrole nitrogens is 1. The minimum atomic E-state index is -0.628. The standard InChI is InChI=1S/C27H27ClN6O4/c28-18-7-19-26(32-27(30-19)38-22-13-37-24-21(35)12-36-25(22)24)31-23(18)15-3-5-17(6-4-15)33-10-16-8-29-34(20(16)11-33)9-14-1-2-14/h3-8,14,21-22,24-25,35H,1-2,9-13H2,(H,30,31,32)/t21-,22-,24?,25-/m1/s1. The van der Waals surface area contributed by atoms with Gasteiger partial charge in [-0.15, -0.1) is 0 Å². The summed E-state index contributed by atoms with van der Waals surface area (Å²) in [5, 5.41) is 15.1. The molecular formula is C27H27ClN6O4. The zero-order valence-electron chi connectivity index (χ0n) is 20.6. The first-order chi connectivity index (χ1) is 18.6. The summed E-state index contributed by atoms with van der Waals surface area (Å²) in [7, 11) is 0. The summed E-state index contributed by atoms with van der Waals surface area (Å²) in [6, 6.07) is 10.5. The molecule has 2 N–H and O–H groups in total. The Morgan fingerprint density at radius 3 is 2.76 bits per heavy atom. The van der Waals surface area contributed by atoms with Crippen molar-refractivity contribution in [3.05, 3.63) is 52.8 Å². The summed E-state index contributed by atoms with van der Waals surface area (Å²) in [4.78, 5) is 14.8. The smallest absolute Gasteiger partial charge is 0.296 e. The first-order valence-corrected chi connectivity index (χ1v) is 13.5. The molecule has 8 rings (SSSR count). The van der Waals surface area contributed by atoms with E-state index < -0.39 is 6.10 Å². The number of aliphatic hydroxyl groups is 1. The number of imidazole rings is 1. The number of anilines is 1. The Hall–Kier alpha value is -3.18. The number of hydrogen-bond donors (Lipinski definition) is 2. The van der Waals surface area contributed by atoms with Crippen LogP contribution in [-0.2, 0) is 29.1 Å². The summed E-state index contributed by atoms with van der Waals surface area (Å²) in [5.41, 5.74) is 6.60. The lowest BCUT2D eigenvalue weighted by Gasteiger charge is -2.19. The van der Waals surface area contributed by atoms with Gasteiger partial charge in [-0.1, -0.05) is 23.7 Å². The zero-order valence-corrected chi connectivity index (χ0v) is 21.3. The molecule has 6 heterocycles. The second kappa shape index (κ2) is 8.67. The normalized spacial score (nSPS) is 26.3. The van der Waals surface area contributed by atoms with Crippen molar-refractivity contribution in [3.63, 3.8) is 0 Å². The number of halogens is 1. The van der Waals surface area contributed by atoms with Gasteiger partial charge in [0.25, 0.3) is 6.01 Å². The van der Waals surface area contributed by atoms with Gasteiger partial charge in [-0.25, -0.2) is 4.98 Å². The third-order valence-electron chi connectivity index (χ3n) is 8.02. The van der Waals surface area contributed by atoms with Crippen LogP contribution < -0.4 is 9.64 Å². The minimum absolute atomic E-state index is 0.248. The van der Waals surface area contributed by atoms with Crippen LogP contribution in [0.1, 0.15) is 24.1 Å². The maximum Gasteiger partial charge on any atom is 0.296 e. The number of nitrogens with zero attached hydrogens (tertiary/aromatic N) is 5. The molecule has 1 unspecified atom stereocenters. The van der Waals surface area contributed by atoms with Gasteiger partial charge in [-0.3, -0.25) is 4.68 Å². The van der Waals surface area contributed by atoms with Crippen molar-refractivity contribution in [3.8, 4) is 17.3 Å². The Labute approximate surface area is 223 Å². The van der Waals surface area contributed by atoms with Crippen LogP contribution in [0.25, 0.3) is 22.4 Å². The molecule has 0 amide bonds. The fourth-order valence-corrected chi connectivity index (χ4v) is 6.02. The zero-order chi connectivity index (χ0) is 25.4. The van der Waals surface area contributed by atoms with Crippen molar-refractivity contribution in [2.24, 2.45) is 5.92 Å². The van der Waals surface area contributed by atoms with Crippen molar-refractivity contribution in [2.75, 3.05) is 18.1 Å². The van der Waals surface area contributed by atoms with Crippen molar-refractivity contribution in [2.45, 2.75) is 56.9 Å². The fraction of sp³-hybridized carbons (Fsp3) is 0.444. The highest BCUT2D eigenvalue weighted by atomic mass is 35.5. The number of hydrogen-bond acceptors (Lipinski definition) is 8. The summed E-state index contributed by atoms with van der Waals surface area (Å²) in [6.07, 6.45) is 3.01. The Bertz CT molecular complexity index is 1520. The van der Waals surface area contributed by atoms with Crippen molar-refractivity contribution >= 4 is 28.5 Å². The van der Waals surface area contributed by atoms with Gasteiger partial charge >= 0.3 is 0 Å². The van der Waals surface area contributed by atoms with E-state index in [9.17, 15) is 5.11 Å². The van der Waals surface area contributed by atoms with E-state index in [2.05, 4.69) is 48.9 Å². The highest BCUT2D eigenvalue weighted by molar-refractivity contribution is 6.33. The maximum absolute atomic E-state index is 9.96. The van der Waals surface area contributed by atoms with Gasteiger partial charge in [-0.2, -0.15) is 10.1 Å². The molecule has 1 aliphatic carbocycles. The highest BCUT2D eigenvalue weighted by Gasteiger charge is 2.48.